The van der Waals surface area contributed by atoms with Crippen LogP contribution in [0.1, 0.15) is 41.5 Å². The third kappa shape index (κ3) is 5.50. The summed E-state index contributed by atoms with van der Waals surface area (Å²) in [6.45, 7) is 0. The monoisotopic (exact) mass is 798 g/mol. The van der Waals surface area contributed by atoms with Crippen molar-refractivity contribution in [2.45, 2.75) is 24.7 Å². The lowest BCUT2D eigenvalue weighted by Gasteiger charge is -2.53. The van der Waals surface area contributed by atoms with Crippen LogP contribution in [0.2, 0.25) is 0 Å². The molecule has 0 radical (unpaired) electrons. The van der Waals surface area contributed by atoms with E-state index in [1.807, 2.05) is 146 Å². The van der Waals surface area contributed by atoms with Crippen molar-refractivity contribution in [3.8, 4) is 80.5 Å². The molecular weight excluding hydrogens is 761 g/mol. The zero-order chi connectivity index (χ0) is 41.4. The number of nitriles is 2. The van der Waals surface area contributed by atoms with Crippen LogP contribution in [0.5, 0.6) is 0 Å². The summed E-state index contributed by atoms with van der Waals surface area (Å²) < 4.78 is 0. The summed E-state index contributed by atoms with van der Waals surface area (Å²) in [6.07, 6.45) is 3.43. The molecule has 2 heterocycles. The summed E-state index contributed by atoms with van der Waals surface area (Å²) in [7, 11) is 0. The first-order chi connectivity index (χ1) is 30.6. The maximum absolute atomic E-state index is 11.0. The number of nitrogens with zero attached hydrogens (tertiary/aromatic N) is 8. The smallest absolute Gasteiger partial charge is 0.164 e. The van der Waals surface area contributed by atoms with Crippen LogP contribution in [0.15, 0.2) is 158 Å². The van der Waals surface area contributed by atoms with Crippen LogP contribution in [0.3, 0.4) is 0 Å². The van der Waals surface area contributed by atoms with Crippen molar-refractivity contribution in [2.75, 3.05) is 0 Å². The molecule has 6 aromatic carbocycles. The molecule has 8 heteroatoms. The second kappa shape index (κ2) is 14.2. The Morgan fingerprint density at radius 2 is 0.677 bits per heavy atom. The molecule has 294 valence electrons. The molecule has 2 aromatic heterocycles. The van der Waals surface area contributed by atoms with Crippen LogP contribution in [0, 0.1) is 58.2 Å². The molecule has 4 aliphatic rings. The van der Waals surface area contributed by atoms with Crippen LogP contribution in [0.4, 0.5) is 0 Å². The van der Waals surface area contributed by atoms with Gasteiger partial charge >= 0.3 is 0 Å². The lowest BCUT2D eigenvalue weighted by Crippen LogP contribution is -2.50. The van der Waals surface area contributed by atoms with Crippen LogP contribution in [-0.4, -0.2) is 29.9 Å². The van der Waals surface area contributed by atoms with Crippen molar-refractivity contribution in [3.63, 3.8) is 0 Å². The summed E-state index contributed by atoms with van der Waals surface area (Å²) in [4.78, 5) is 30.3. The number of hydrogen-bond donors (Lipinski definition) is 0. The highest BCUT2D eigenvalue weighted by molar-refractivity contribution is 5.72. The van der Waals surface area contributed by atoms with Gasteiger partial charge in [-0.05, 0) is 102 Å². The Morgan fingerprint density at radius 1 is 0.371 bits per heavy atom. The Bertz CT molecular complexity index is 2790. The van der Waals surface area contributed by atoms with E-state index in [1.54, 1.807) is 0 Å². The predicted octanol–water partition coefficient (Wildman–Crippen LogP) is 11.0. The number of benzene rings is 6. The van der Waals surface area contributed by atoms with E-state index in [0.717, 1.165) is 57.3 Å². The lowest BCUT2D eigenvalue weighted by atomic mass is 9.49. The average Bonchev–Trinajstić information content (AvgIpc) is 3.65. The highest BCUT2D eigenvalue weighted by Gasteiger charge is 2.76. The van der Waals surface area contributed by atoms with Gasteiger partial charge in [-0.15, -0.1) is 0 Å². The van der Waals surface area contributed by atoms with Crippen molar-refractivity contribution < 1.29 is 0 Å². The molecule has 8 aromatic rings. The Hall–Kier alpha value is -7.68. The van der Waals surface area contributed by atoms with Gasteiger partial charge in [0.25, 0.3) is 0 Å². The Labute approximate surface area is 359 Å². The number of hydrogen-bond acceptors (Lipinski definition) is 8. The molecule has 0 saturated heterocycles. The zero-order valence-corrected chi connectivity index (χ0v) is 33.7. The van der Waals surface area contributed by atoms with Crippen molar-refractivity contribution in [1.29, 1.82) is 10.5 Å². The maximum atomic E-state index is 11.0. The first kappa shape index (κ1) is 36.2. The molecule has 8 nitrogen and oxygen atoms in total. The molecule has 62 heavy (non-hydrogen) atoms. The van der Waals surface area contributed by atoms with Gasteiger partial charge < -0.3 is 0 Å². The van der Waals surface area contributed by atoms with Crippen LogP contribution < -0.4 is 0 Å². The average molecular weight is 799 g/mol. The van der Waals surface area contributed by atoms with Crippen molar-refractivity contribution >= 4 is 0 Å². The fourth-order valence-electron chi connectivity index (χ4n) is 11.9. The summed E-state index contributed by atoms with van der Waals surface area (Å²) >= 11 is 0. The van der Waals surface area contributed by atoms with Gasteiger partial charge in [-0.1, -0.05) is 121 Å². The van der Waals surface area contributed by atoms with Crippen molar-refractivity contribution in [1.82, 2.24) is 29.9 Å². The predicted molar refractivity (Wildman–Crippen MR) is 237 cm³/mol. The topological polar surface area (TPSA) is 125 Å². The van der Waals surface area contributed by atoms with E-state index in [9.17, 15) is 10.5 Å². The van der Waals surface area contributed by atoms with Crippen LogP contribution in [-0.2, 0) is 5.41 Å². The quantitative estimate of drug-likeness (QED) is 0.149. The van der Waals surface area contributed by atoms with E-state index >= 15 is 0 Å². The van der Waals surface area contributed by atoms with E-state index in [4.69, 9.17) is 29.9 Å². The number of rotatable bonds is 8. The third-order valence-electron chi connectivity index (χ3n) is 14.4. The largest absolute Gasteiger partial charge is 0.208 e. The molecule has 0 bridgehead atoms. The molecule has 6 unspecified atom stereocenters. The highest BCUT2D eigenvalue weighted by atomic mass is 15.0. The summed E-state index contributed by atoms with van der Waals surface area (Å²) in [6, 6.07) is 57.4. The summed E-state index contributed by atoms with van der Waals surface area (Å²) in [5.41, 5.74) is 7.75. The summed E-state index contributed by atoms with van der Waals surface area (Å²) in [5, 5.41) is 22.1. The Morgan fingerprint density at radius 3 is 0.984 bits per heavy atom. The minimum absolute atomic E-state index is 0.274. The van der Waals surface area contributed by atoms with Crippen LogP contribution in [0.25, 0.3) is 68.3 Å². The van der Waals surface area contributed by atoms with E-state index < -0.39 is 5.41 Å². The van der Waals surface area contributed by atoms with Gasteiger partial charge in [-0.2, -0.15) is 10.5 Å². The van der Waals surface area contributed by atoms with Gasteiger partial charge in [0.05, 0.1) is 23.3 Å². The molecule has 0 N–H and O–H groups in total. The number of aromatic nitrogens is 6. The fourth-order valence-corrected chi connectivity index (χ4v) is 11.9. The minimum Gasteiger partial charge on any atom is -0.208 e. The molecule has 4 aliphatic carbocycles. The van der Waals surface area contributed by atoms with E-state index in [0.29, 0.717) is 69.7 Å². The maximum Gasteiger partial charge on any atom is 0.164 e. The first-order valence-electron chi connectivity index (χ1n) is 21.4. The molecule has 12 rings (SSSR count). The molecule has 0 aliphatic heterocycles. The van der Waals surface area contributed by atoms with Crippen molar-refractivity contribution in [2.24, 2.45) is 35.5 Å². The third-order valence-corrected chi connectivity index (χ3v) is 14.4. The molecular formula is C54H38N8. The SMILES string of the molecule is N#Cc1ccc(-c2nc(-c3ccccc3)nc(-c3ccccc3)n2)cc1C1(c2cc(-c3nc(-c4ccccc4)nc(-c4ccccc4)n3)ccc2C#N)C2CC3CC4CC1C4C32. The molecule has 4 fully saturated rings. The molecule has 0 amide bonds. The van der Waals surface area contributed by atoms with E-state index in [1.165, 1.54) is 6.42 Å². The molecule has 0 spiro atoms. The lowest BCUT2D eigenvalue weighted by molar-refractivity contribution is 0.0613. The summed E-state index contributed by atoms with van der Waals surface area (Å²) in [5.74, 6) is 6.42. The van der Waals surface area contributed by atoms with Gasteiger partial charge in [-0.3, -0.25) is 0 Å². The van der Waals surface area contributed by atoms with E-state index in [-0.39, 0.29) is 11.8 Å². The standard InChI is InChI=1S/C54H38N8/c55-30-38-23-21-36(52-59-48(32-13-5-1-6-14-32)57-49(60-52)33-15-7-2-8-16-33)26-42(38)54(44-28-40-25-41-29-45(54)47(41)46(40)44)43-27-37(22-24-39(43)31-56)53-61-50(34-17-9-3-10-18-34)58-51(62-53)35-19-11-4-12-20-35/h1-24,26-27,40-41,44-47H,25,28-29H2. The van der Waals surface area contributed by atoms with Gasteiger partial charge in [-0.25, -0.2) is 29.9 Å². The fraction of sp³-hybridized carbons (Fsp3) is 0.185. The van der Waals surface area contributed by atoms with Gasteiger partial charge in [0, 0.05) is 38.8 Å². The normalized spacial score (nSPS) is 22.1. The van der Waals surface area contributed by atoms with Gasteiger partial charge in [0.1, 0.15) is 0 Å². The first-order valence-corrected chi connectivity index (χ1v) is 21.4. The Balaban J connectivity index is 1.08. The molecule has 4 saturated carbocycles. The second-order valence-electron chi connectivity index (χ2n) is 17.3. The van der Waals surface area contributed by atoms with E-state index in [2.05, 4.69) is 24.3 Å². The van der Waals surface area contributed by atoms with Crippen LogP contribution >= 0.6 is 0 Å². The second-order valence-corrected chi connectivity index (χ2v) is 17.3. The highest BCUT2D eigenvalue weighted by Crippen LogP contribution is 2.80. The zero-order valence-electron chi connectivity index (χ0n) is 33.7. The molecule has 6 atom stereocenters. The minimum atomic E-state index is -0.597. The van der Waals surface area contributed by atoms with Gasteiger partial charge in [0.15, 0.2) is 34.9 Å². The Kier molecular flexibility index (Phi) is 8.30. The van der Waals surface area contributed by atoms with Crippen molar-refractivity contribution in [3.05, 3.63) is 180 Å². The van der Waals surface area contributed by atoms with Gasteiger partial charge in [0.2, 0.25) is 0 Å².